The van der Waals surface area contributed by atoms with Gasteiger partial charge in [0.2, 0.25) is 0 Å². The van der Waals surface area contributed by atoms with Gasteiger partial charge in [0, 0.05) is 10.5 Å². The molecule has 1 N–H and O–H groups in total. The molecule has 1 aliphatic rings. The van der Waals surface area contributed by atoms with Crippen molar-refractivity contribution in [3.8, 4) is 5.75 Å². The van der Waals surface area contributed by atoms with Crippen molar-refractivity contribution in [3.63, 3.8) is 0 Å². The summed E-state index contributed by atoms with van der Waals surface area (Å²) in [5, 5.41) is 3.14. The third-order valence-electron chi connectivity index (χ3n) is 3.75. The first-order valence-electron chi connectivity index (χ1n) is 8.37. The molecule has 23 heavy (non-hydrogen) atoms. The molecular formula is C20H26BrNO. The Kier molecular flexibility index (Phi) is 8.19. The molecule has 124 valence electrons. The van der Waals surface area contributed by atoms with Crippen LogP contribution in [-0.2, 0) is 6.42 Å². The number of ether oxygens (including phenoxy) is 1. The van der Waals surface area contributed by atoms with Gasteiger partial charge in [0.05, 0.1) is 6.61 Å². The lowest BCUT2D eigenvalue weighted by molar-refractivity contribution is 0.307. The predicted octanol–water partition coefficient (Wildman–Crippen LogP) is 5.22. The molecular weight excluding hydrogens is 350 g/mol. The quantitative estimate of drug-likeness (QED) is 0.669. The number of rotatable bonds is 7. The molecule has 3 heteroatoms. The maximum Gasteiger partial charge on any atom is 0.120 e. The Balaban J connectivity index is 0.000000326. The van der Waals surface area contributed by atoms with Crippen LogP contribution in [0.15, 0.2) is 59.1 Å². The number of hydrogen-bond donors (Lipinski definition) is 1. The molecule has 1 saturated carbocycles. The van der Waals surface area contributed by atoms with Crippen LogP contribution in [0.4, 0.5) is 0 Å². The Hall–Kier alpha value is -1.32. The minimum Gasteiger partial charge on any atom is -0.494 e. The Morgan fingerprint density at radius 1 is 1.04 bits per heavy atom. The highest BCUT2D eigenvalue weighted by atomic mass is 79.9. The zero-order valence-electron chi connectivity index (χ0n) is 13.8. The highest BCUT2D eigenvalue weighted by Gasteiger charge is 2.17. The second kappa shape index (κ2) is 10.5. The molecule has 0 aliphatic heterocycles. The lowest BCUT2D eigenvalue weighted by atomic mass is 10.1. The van der Waals surface area contributed by atoms with Crippen LogP contribution < -0.4 is 10.1 Å². The van der Waals surface area contributed by atoms with E-state index in [0.29, 0.717) is 0 Å². The maximum atomic E-state index is 5.69. The molecule has 0 aromatic heterocycles. The van der Waals surface area contributed by atoms with Crippen LogP contribution >= 0.6 is 15.9 Å². The van der Waals surface area contributed by atoms with Gasteiger partial charge >= 0.3 is 0 Å². The Bertz CT molecular complexity index is 555. The Labute approximate surface area is 148 Å². The van der Waals surface area contributed by atoms with Crippen molar-refractivity contribution in [2.45, 2.75) is 38.1 Å². The number of halogens is 1. The summed E-state index contributed by atoms with van der Waals surface area (Å²) in [6, 6.07) is 19.4. The predicted molar refractivity (Wildman–Crippen MR) is 101 cm³/mol. The van der Waals surface area contributed by atoms with Gasteiger partial charge in [-0.25, -0.2) is 0 Å². The van der Waals surface area contributed by atoms with E-state index in [-0.39, 0.29) is 0 Å². The summed E-state index contributed by atoms with van der Waals surface area (Å²) >= 11 is 3.44. The fourth-order valence-corrected chi connectivity index (χ4v) is 2.57. The largest absolute Gasteiger partial charge is 0.494 e. The summed E-state index contributed by atoms with van der Waals surface area (Å²) in [7, 11) is 2.01. The number of unbranched alkanes of at least 4 members (excludes halogenated alkanes) is 1. The van der Waals surface area contributed by atoms with E-state index in [9.17, 15) is 0 Å². The summed E-state index contributed by atoms with van der Waals surface area (Å²) in [5.74, 6) is 0.934. The van der Waals surface area contributed by atoms with Crippen molar-refractivity contribution in [1.29, 1.82) is 0 Å². The van der Waals surface area contributed by atoms with Crippen LogP contribution in [0.25, 0.3) is 0 Å². The second-order valence-electron chi connectivity index (χ2n) is 5.81. The third kappa shape index (κ3) is 8.19. The number of nitrogens with one attached hydrogen (secondary N) is 1. The molecule has 1 fully saturated rings. The molecule has 2 aromatic carbocycles. The van der Waals surface area contributed by atoms with Gasteiger partial charge in [-0.1, -0.05) is 52.3 Å². The summed E-state index contributed by atoms with van der Waals surface area (Å²) < 4.78 is 6.75. The lowest BCUT2D eigenvalue weighted by Crippen LogP contribution is -2.06. The molecule has 0 amide bonds. The van der Waals surface area contributed by atoms with Crippen molar-refractivity contribution >= 4 is 15.9 Å². The summed E-state index contributed by atoms with van der Waals surface area (Å²) in [6.07, 6.45) is 6.18. The zero-order chi connectivity index (χ0) is 16.3. The zero-order valence-corrected chi connectivity index (χ0v) is 15.4. The molecule has 0 radical (unpaired) electrons. The monoisotopic (exact) mass is 375 g/mol. The van der Waals surface area contributed by atoms with Crippen molar-refractivity contribution in [2.75, 3.05) is 13.7 Å². The molecule has 1 aliphatic carbocycles. The maximum absolute atomic E-state index is 5.69. The minimum absolute atomic E-state index is 0.781. The van der Waals surface area contributed by atoms with E-state index in [2.05, 4.69) is 51.6 Å². The Morgan fingerprint density at radius 3 is 2.43 bits per heavy atom. The third-order valence-corrected chi connectivity index (χ3v) is 4.25. The van der Waals surface area contributed by atoms with Gasteiger partial charge in [-0.2, -0.15) is 0 Å². The highest BCUT2D eigenvalue weighted by molar-refractivity contribution is 9.10. The van der Waals surface area contributed by atoms with E-state index in [4.69, 9.17) is 4.74 Å². The summed E-state index contributed by atoms with van der Waals surface area (Å²) in [4.78, 5) is 0. The second-order valence-corrected chi connectivity index (χ2v) is 6.73. The summed E-state index contributed by atoms with van der Waals surface area (Å²) in [5.41, 5.74) is 1.40. The smallest absolute Gasteiger partial charge is 0.120 e. The van der Waals surface area contributed by atoms with Crippen LogP contribution in [0.5, 0.6) is 5.75 Å². The van der Waals surface area contributed by atoms with Gasteiger partial charge in [0.15, 0.2) is 0 Å². The topological polar surface area (TPSA) is 21.3 Å². The first-order chi connectivity index (χ1) is 11.3. The van der Waals surface area contributed by atoms with Gasteiger partial charge in [0.1, 0.15) is 5.75 Å². The van der Waals surface area contributed by atoms with Gasteiger partial charge in [0.25, 0.3) is 0 Å². The lowest BCUT2D eigenvalue weighted by Gasteiger charge is -2.06. The molecule has 0 spiro atoms. The van der Waals surface area contributed by atoms with Crippen LogP contribution in [0.2, 0.25) is 0 Å². The SMILES string of the molecule is Brc1cccc(OCCCCc2ccccc2)c1.CNC1CC1. The van der Waals surface area contributed by atoms with Crippen LogP contribution in [0.3, 0.4) is 0 Å². The normalized spacial score (nSPS) is 13.1. The fourth-order valence-electron chi connectivity index (χ4n) is 2.19. The molecule has 0 heterocycles. The molecule has 3 rings (SSSR count). The molecule has 0 atom stereocenters. The van der Waals surface area contributed by atoms with Crippen LogP contribution in [0, 0.1) is 0 Å². The van der Waals surface area contributed by atoms with Gasteiger partial charge < -0.3 is 10.1 Å². The van der Waals surface area contributed by atoms with Crippen molar-refractivity contribution in [2.24, 2.45) is 0 Å². The average molecular weight is 376 g/mol. The van der Waals surface area contributed by atoms with Gasteiger partial charge in [-0.3, -0.25) is 0 Å². The van der Waals surface area contributed by atoms with Gasteiger partial charge in [-0.05, 0) is 62.9 Å². The Morgan fingerprint density at radius 2 is 1.83 bits per heavy atom. The first kappa shape index (κ1) is 18.0. The van der Waals surface area contributed by atoms with E-state index in [1.54, 1.807) is 0 Å². The molecule has 2 aromatic rings. The van der Waals surface area contributed by atoms with E-state index in [1.165, 1.54) is 18.4 Å². The standard InChI is InChI=1S/C16H17BrO.C4H9N/c17-15-10-6-11-16(13-15)18-12-5-4-9-14-7-2-1-3-8-14;1-5-4-2-3-4/h1-3,6-8,10-11,13H,4-5,9,12H2;4-5H,2-3H2,1H3. The minimum atomic E-state index is 0.781. The molecule has 0 saturated heterocycles. The van der Waals surface area contributed by atoms with E-state index in [0.717, 1.165) is 42.1 Å². The van der Waals surface area contributed by atoms with Crippen LogP contribution in [-0.4, -0.2) is 19.7 Å². The fraction of sp³-hybridized carbons (Fsp3) is 0.400. The van der Waals surface area contributed by atoms with Gasteiger partial charge in [-0.15, -0.1) is 0 Å². The summed E-state index contributed by atoms with van der Waals surface area (Å²) in [6.45, 7) is 0.781. The van der Waals surface area contributed by atoms with Crippen molar-refractivity contribution in [3.05, 3.63) is 64.6 Å². The number of hydrogen-bond acceptors (Lipinski definition) is 2. The van der Waals surface area contributed by atoms with E-state index < -0.39 is 0 Å². The van der Waals surface area contributed by atoms with Crippen molar-refractivity contribution in [1.82, 2.24) is 5.32 Å². The van der Waals surface area contributed by atoms with E-state index >= 15 is 0 Å². The van der Waals surface area contributed by atoms with Crippen LogP contribution in [0.1, 0.15) is 31.2 Å². The first-order valence-corrected chi connectivity index (χ1v) is 9.17. The average Bonchev–Trinajstić information content (AvgIpc) is 3.41. The number of aryl methyl sites for hydroxylation is 1. The molecule has 0 unspecified atom stereocenters. The number of benzene rings is 2. The van der Waals surface area contributed by atoms with E-state index in [1.807, 2.05) is 31.3 Å². The van der Waals surface area contributed by atoms with Crippen molar-refractivity contribution < 1.29 is 4.74 Å². The molecule has 2 nitrogen and oxygen atoms in total. The molecule has 0 bridgehead atoms. The highest BCUT2D eigenvalue weighted by Crippen LogP contribution is 2.18.